The minimum atomic E-state index is -0.876. The molecule has 114 valence electrons. The van der Waals surface area contributed by atoms with Crippen LogP contribution in [0.15, 0.2) is 0 Å². The van der Waals surface area contributed by atoms with Crippen molar-refractivity contribution in [3.8, 4) is 0 Å². The van der Waals surface area contributed by atoms with E-state index in [0.717, 1.165) is 38.8 Å². The molecule has 2 saturated heterocycles. The molecule has 0 saturated carbocycles. The summed E-state index contributed by atoms with van der Waals surface area (Å²) in [6.45, 7) is 8.45. The standard InChI is InChI=1S/C15H26N2O3/c1-4-15(3)6-9-16(10-7-15)14(20)17-8-5-11(2)12(17)13(18)19/h11-12H,4-10H2,1-3H3,(H,18,19). The molecule has 5 heteroatoms. The Bertz CT molecular complexity index is 389. The fraction of sp³-hybridized carbons (Fsp3) is 0.867. The van der Waals surface area contributed by atoms with E-state index in [4.69, 9.17) is 0 Å². The Morgan fingerprint density at radius 3 is 2.35 bits per heavy atom. The quantitative estimate of drug-likeness (QED) is 0.846. The number of nitrogens with zero attached hydrogens (tertiary/aromatic N) is 2. The van der Waals surface area contributed by atoms with Gasteiger partial charge in [-0.2, -0.15) is 0 Å². The predicted octanol–water partition coefficient (Wildman–Crippen LogP) is 2.41. The third-order valence-electron chi connectivity index (χ3n) is 5.29. The van der Waals surface area contributed by atoms with Gasteiger partial charge in [-0.05, 0) is 30.6 Å². The number of carbonyl (C=O) groups is 2. The normalized spacial score (nSPS) is 29.6. The zero-order valence-corrected chi connectivity index (χ0v) is 12.8. The summed E-state index contributed by atoms with van der Waals surface area (Å²) in [6, 6.07) is -0.734. The first-order valence-electron chi connectivity index (χ1n) is 7.66. The second-order valence-electron chi connectivity index (χ2n) is 6.68. The number of likely N-dealkylation sites (tertiary alicyclic amines) is 2. The molecule has 2 fully saturated rings. The highest BCUT2D eigenvalue weighted by molar-refractivity contribution is 5.83. The molecule has 2 heterocycles. The number of piperidine rings is 1. The lowest BCUT2D eigenvalue weighted by Gasteiger charge is -2.40. The molecule has 0 radical (unpaired) electrons. The highest BCUT2D eigenvalue weighted by Gasteiger charge is 2.42. The van der Waals surface area contributed by atoms with Gasteiger partial charge in [0, 0.05) is 19.6 Å². The van der Waals surface area contributed by atoms with E-state index in [1.165, 1.54) is 0 Å². The third-order valence-corrected chi connectivity index (χ3v) is 5.29. The van der Waals surface area contributed by atoms with Gasteiger partial charge >= 0.3 is 12.0 Å². The molecule has 5 nitrogen and oxygen atoms in total. The van der Waals surface area contributed by atoms with Crippen LogP contribution >= 0.6 is 0 Å². The molecule has 2 atom stereocenters. The Morgan fingerprint density at radius 2 is 1.85 bits per heavy atom. The van der Waals surface area contributed by atoms with Gasteiger partial charge in [0.05, 0.1) is 0 Å². The molecule has 2 amide bonds. The minimum absolute atomic E-state index is 0.0437. The lowest BCUT2D eigenvalue weighted by Crippen LogP contribution is -2.52. The average Bonchev–Trinajstić information content (AvgIpc) is 2.81. The van der Waals surface area contributed by atoms with Crippen molar-refractivity contribution >= 4 is 12.0 Å². The Kier molecular flexibility index (Phi) is 4.25. The topological polar surface area (TPSA) is 60.9 Å². The van der Waals surface area contributed by atoms with Gasteiger partial charge in [0.1, 0.15) is 6.04 Å². The zero-order chi connectivity index (χ0) is 14.9. The fourth-order valence-electron chi connectivity index (χ4n) is 3.31. The highest BCUT2D eigenvalue weighted by Crippen LogP contribution is 2.35. The Morgan fingerprint density at radius 1 is 1.25 bits per heavy atom. The lowest BCUT2D eigenvalue weighted by molar-refractivity contribution is -0.142. The van der Waals surface area contributed by atoms with Crippen molar-refractivity contribution in [1.29, 1.82) is 0 Å². The van der Waals surface area contributed by atoms with E-state index >= 15 is 0 Å². The summed E-state index contributed by atoms with van der Waals surface area (Å²) in [5.41, 5.74) is 0.335. The third kappa shape index (κ3) is 2.76. The summed E-state index contributed by atoms with van der Waals surface area (Å²) < 4.78 is 0. The zero-order valence-electron chi connectivity index (χ0n) is 12.8. The number of carbonyl (C=O) groups excluding carboxylic acids is 1. The molecule has 2 rings (SSSR count). The first-order valence-corrected chi connectivity index (χ1v) is 7.66. The molecule has 1 N–H and O–H groups in total. The van der Waals surface area contributed by atoms with Gasteiger partial charge in [-0.1, -0.05) is 27.2 Å². The number of rotatable bonds is 2. The summed E-state index contributed by atoms with van der Waals surface area (Å²) in [5, 5.41) is 9.31. The van der Waals surface area contributed by atoms with Crippen LogP contribution in [0.4, 0.5) is 4.79 Å². The molecule has 0 aromatic rings. The van der Waals surface area contributed by atoms with E-state index in [1.807, 2.05) is 11.8 Å². The van der Waals surface area contributed by atoms with Gasteiger partial charge in [-0.3, -0.25) is 0 Å². The average molecular weight is 282 g/mol. The Hall–Kier alpha value is -1.26. The number of urea groups is 1. The van der Waals surface area contributed by atoms with Crippen LogP contribution < -0.4 is 0 Å². The second-order valence-corrected chi connectivity index (χ2v) is 6.68. The fourth-order valence-corrected chi connectivity index (χ4v) is 3.31. The first kappa shape index (κ1) is 15.1. The molecule has 0 aromatic heterocycles. The minimum Gasteiger partial charge on any atom is -0.480 e. The maximum Gasteiger partial charge on any atom is 0.326 e. The molecule has 0 aliphatic carbocycles. The van der Waals surface area contributed by atoms with E-state index in [0.29, 0.717) is 12.0 Å². The maximum absolute atomic E-state index is 12.5. The largest absolute Gasteiger partial charge is 0.480 e. The van der Waals surface area contributed by atoms with Crippen LogP contribution in [0.25, 0.3) is 0 Å². The van der Waals surface area contributed by atoms with E-state index in [2.05, 4.69) is 13.8 Å². The van der Waals surface area contributed by atoms with Crippen molar-refractivity contribution in [2.45, 2.75) is 52.5 Å². The van der Waals surface area contributed by atoms with Crippen molar-refractivity contribution in [3.05, 3.63) is 0 Å². The number of hydrogen-bond acceptors (Lipinski definition) is 2. The van der Waals surface area contributed by atoms with Crippen LogP contribution in [-0.2, 0) is 4.79 Å². The smallest absolute Gasteiger partial charge is 0.326 e. The molecular weight excluding hydrogens is 256 g/mol. The summed E-state index contributed by atoms with van der Waals surface area (Å²) in [4.78, 5) is 27.3. The van der Waals surface area contributed by atoms with E-state index in [-0.39, 0.29) is 11.9 Å². The van der Waals surface area contributed by atoms with Gasteiger partial charge in [0.25, 0.3) is 0 Å². The highest BCUT2D eigenvalue weighted by atomic mass is 16.4. The van der Waals surface area contributed by atoms with E-state index < -0.39 is 12.0 Å². The summed E-state index contributed by atoms with van der Waals surface area (Å²) in [5.74, 6) is -0.832. The Labute approximate surface area is 120 Å². The molecule has 2 unspecified atom stereocenters. The van der Waals surface area contributed by atoms with Gasteiger partial charge in [0.15, 0.2) is 0 Å². The summed E-state index contributed by atoms with van der Waals surface area (Å²) in [7, 11) is 0. The van der Waals surface area contributed by atoms with Crippen molar-refractivity contribution in [2.24, 2.45) is 11.3 Å². The van der Waals surface area contributed by atoms with Gasteiger partial charge in [0.2, 0.25) is 0 Å². The van der Waals surface area contributed by atoms with Crippen LogP contribution in [0.3, 0.4) is 0 Å². The van der Waals surface area contributed by atoms with E-state index in [1.54, 1.807) is 4.90 Å². The van der Waals surface area contributed by atoms with Crippen molar-refractivity contribution in [2.75, 3.05) is 19.6 Å². The van der Waals surface area contributed by atoms with Crippen molar-refractivity contribution < 1.29 is 14.7 Å². The second kappa shape index (κ2) is 5.62. The molecule has 20 heavy (non-hydrogen) atoms. The van der Waals surface area contributed by atoms with Crippen LogP contribution in [0.1, 0.15) is 46.5 Å². The number of aliphatic carboxylic acids is 1. The van der Waals surface area contributed by atoms with Gasteiger partial charge in [-0.15, -0.1) is 0 Å². The number of carboxylic acids is 1. The number of hydrogen-bond donors (Lipinski definition) is 1. The monoisotopic (exact) mass is 282 g/mol. The number of amides is 2. The lowest BCUT2D eigenvalue weighted by atomic mass is 9.78. The number of carboxylic acid groups (broad SMARTS) is 1. The SMILES string of the molecule is CCC1(C)CCN(C(=O)N2CCC(C)C2C(=O)O)CC1. The van der Waals surface area contributed by atoms with Crippen molar-refractivity contribution in [1.82, 2.24) is 9.80 Å². The Balaban J connectivity index is 2.00. The van der Waals surface area contributed by atoms with Crippen LogP contribution in [0.2, 0.25) is 0 Å². The van der Waals surface area contributed by atoms with Crippen LogP contribution in [0, 0.1) is 11.3 Å². The van der Waals surface area contributed by atoms with E-state index in [9.17, 15) is 14.7 Å². The van der Waals surface area contributed by atoms with Crippen molar-refractivity contribution in [3.63, 3.8) is 0 Å². The molecular formula is C15H26N2O3. The molecule has 0 bridgehead atoms. The molecule has 2 aliphatic rings. The first-order chi connectivity index (χ1) is 9.38. The van der Waals surface area contributed by atoms with Crippen LogP contribution in [0.5, 0.6) is 0 Å². The van der Waals surface area contributed by atoms with Crippen LogP contribution in [-0.4, -0.2) is 52.6 Å². The molecule has 0 aromatic carbocycles. The van der Waals surface area contributed by atoms with Gasteiger partial charge in [-0.25, -0.2) is 9.59 Å². The van der Waals surface area contributed by atoms with Gasteiger partial charge < -0.3 is 14.9 Å². The summed E-state index contributed by atoms with van der Waals surface area (Å²) >= 11 is 0. The molecule has 2 aliphatic heterocycles. The maximum atomic E-state index is 12.5. The molecule has 0 spiro atoms. The summed E-state index contributed by atoms with van der Waals surface area (Å²) in [6.07, 6.45) is 3.93. The predicted molar refractivity (Wildman–Crippen MR) is 76.5 cm³/mol.